The van der Waals surface area contributed by atoms with Gasteiger partial charge in [-0.15, -0.1) is 0 Å². The number of nitrogens with two attached hydrogens (primary N) is 1. The number of pyridine rings is 1. The molecule has 1 aliphatic carbocycles. The summed E-state index contributed by atoms with van der Waals surface area (Å²) in [6.45, 7) is 6.39. The van der Waals surface area contributed by atoms with Crippen molar-refractivity contribution < 1.29 is 0 Å². The van der Waals surface area contributed by atoms with Crippen molar-refractivity contribution in [2.45, 2.75) is 58.0 Å². The van der Waals surface area contributed by atoms with Gasteiger partial charge in [0.1, 0.15) is 0 Å². The van der Waals surface area contributed by atoms with Crippen LogP contribution in [0.15, 0.2) is 22.9 Å². The van der Waals surface area contributed by atoms with E-state index in [-0.39, 0.29) is 6.04 Å². The highest BCUT2D eigenvalue weighted by atomic mass is 79.9. The molecule has 0 aliphatic heterocycles. The number of hydrogen-bond donors (Lipinski definition) is 1. The molecule has 1 aromatic heterocycles. The Kier molecular flexibility index (Phi) is 6.65. The Morgan fingerprint density at radius 3 is 2.62 bits per heavy atom. The Labute approximate surface area is 137 Å². The minimum Gasteiger partial charge on any atom is -0.329 e. The van der Waals surface area contributed by atoms with Crippen molar-refractivity contribution in [3.8, 4) is 0 Å². The van der Waals surface area contributed by atoms with Gasteiger partial charge in [0.25, 0.3) is 0 Å². The molecule has 21 heavy (non-hydrogen) atoms. The van der Waals surface area contributed by atoms with Gasteiger partial charge in [0, 0.05) is 35.5 Å². The largest absolute Gasteiger partial charge is 0.329 e. The average Bonchev–Trinajstić information content (AvgIpc) is 2.97. The number of aromatic nitrogens is 1. The summed E-state index contributed by atoms with van der Waals surface area (Å²) in [5.41, 5.74) is 7.38. The van der Waals surface area contributed by atoms with Crippen molar-refractivity contribution in [2.24, 2.45) is 11.7 Å². The molecule has 0 saturated heterocycles. The molecule has 118 valence electrons. The highest BCUT2D eigenvalue weighted by molar-refractivity contribution is 9.10. The van der Waals surface area contributed by atoms with E-state index in [0.717, 1.165) is 16.9 Å². The lowest BCUT2D eigenvalue weighted by molar-refractivity contribution is 0.130. The molecular weight excluding hydrogens is 326 g/mol. The molecule has 4 heteroatoms. The second-order valence-electron chi connectivity index (χ2n) is 6.55. The van der Waals surface area contributed by atoms with Crippen molar-refractivity contribution >= 4 is 15.9 Å². The summed E-state index contributed by atoms with van der Waals surface area (Å²) in [6, 6.07) is 3.15. The fourth-order valence-electron chi connectivity index (χ4n) is 3.31. The van der Waals surface area contributed by atoms with Gasteiger partial charge < -0.3 is 5.73 Å². The third-order valence-corrected chi connectivity index (χ3v) is 4.93. The first-order valence-corrected chi connectivity index (χ1v) is 8.97. The fraction of sp³-hybridized carbons (Fsp3) is 0.706. The molecule has 0 amide bonds. The van der Waals surface area contributed by atoms with Gasteiger partial charge in [0.2, 0.25) is 0 Å². The average molecular weight is 354 g/mol. The lowest BCUT2D eigenvalue weighted by Gasteiger charge is -2.36. The summed E-state index contributed by atoms with van der Waals surface area (Å²) >= 11 is 3.53. The van der Waals surface area contributed by atoms with Crippen molar-refractivity contribution in [1.82, 2.24) is 9.88 Å². The molecule has 0 spiro atoms. The Balaban J connectivity index is 2.18. The molecule has 0 aromatic carbocycles. The first kappa shape index (κ1) is 16.9. The molecule has 0 radical (unpaired) electrons. The van der Waals surface area contributed by atoms with E-state index in [1.807, 2.05) is 12.4 Å². The first-order valence-electron chi connectivity index (χ1n) is 8.18. The lowest BCUT2D eigenvalue weighted by Crippen LogP contribution is -2.41. The van der Waals surface area contributed by atoms with Crippen molar-refractivity contribution in [3.05, 3.63) is 28.5 Å². The van der Waals surface area contributed by atoms with Crippen LogP contribution in [0.5, 0.6) is 0 Å². The van der Waals surface area contributed by atoms with Crippen LogP contribution in [0.3, 0.4) is 0 Å². The fourth-order valence-corrected chi connectivity index (χ4v) is 3.69. The van der Waals surface area contributed by atoms with E-state index < -0.39 is 0 Å². The molecule has 2 N–H and O–H groups in total. The predicted molar refractivity (Wildman–Crippen MR) is 92.1 cm³/mol. The Hall–Kier alpha value is -0.450. The molecule has 2 rings (SSSR count). The van der Waals surface area contributed by atoms with Gasteiger partial charge in [-0.3, -0.25) is 9.88 Å². The van der Waals surface area contributed by atoms with Crippen LogP contribution in [-0.4, -0.2) is 29.0 Å². The third kappa shape index (κ3) is 4.76. The normalized spacial score (nSPS) is 17.8. The van der Waals surface area contributed by atoms with Gasteiger partial charge in [-0.25, -0.2) is 0 Å². The van der Waals surface area contributed by atoms with Gasteiger partial charge in [-0.2, -0.15) is 0 Å². The summed E-state index contributed by atoms with van der Waals surface area (Å²) in [5, 5.41) is 0. The number of nitrogens with zero attached hydrogens (tertiary/aromatic N) is 2. The van der Waals surface area contributed by atoms with Gasteiger partial charge in [-0.05, 0) is 59.3 Å². The minimum atomic E-state index is 0.289. The molecule has 1 saturated carbocycles. The summed E-state index contributed by atoms with van der Waals surface area (Å²) < 4.78 is 1.04. The number of halogens is 1. The van der Waals surface area contributed by atoms with E-state index in [0.29, 0.717) is 12.6 Å². The number of hydrogen-bond acceptors (Lipinski definition) is 3. The Bertz CT molecular complexity index is 430. The predicted octanol–water partition coefficient (Wildman–Crippen LogP) is 4.13. The molecule has 1 unspecified atom stereocenters. The van der Waals surface area contributed by atoms with Crippen LogP contribution in [0, 0.1) is 5.92 Å². The standard InChI is InChI=1S/C17H28BrN3/c1-13(2)7-8-21(16-5-3-4-6-16)17(10-19)14-9-15(18)12-20-11-14/h9,11-13,16-17H,3-8,10,19H2,1-2H3. The van der Waals surface area contributed by atoms with E-state index in [2.05, 4.69) is 45.7 Å². The van der Waals surface area contributed by atoms with E-state index in [9.17, 15) is 0 Å². The lowest BCUT2D eigenvalue weighted by atomic mass is 10.0. The molecule has 1 aliphatic rings. The van der Waals surface area contributed by atoms with E-state index in [4.69, 9.17) is 5.73 Å². The quantitative estimate of drug-likeness (QED) is 0.800. The topological polar surface area (TPSA) is 42.1 Å². The Morgan fingerprint density at radius 1 is 1.33 bits per heavy atom. The van der Waals surface area contributed by atoms with Crippen LogP contribution in [0.25, 0.3) is 0 Å². The maximum atomic E-state index is 6.15. The first-order chi connectivity index (χ1) is 10.1. The molecule has 1 fully saturated rings. The molecule has 1 atom stereocenters. The zero-order valence-corrected chi connectivity index (χ0v) is 14.8. The monoisotopic (exact) mass is 353 g/mol. The SMILES string of the molecule is CC(C)CCN(C1CCCC1)C(CN)c1cncc(Br)c1. The van der Waals surface area contributed by atoms with Gasteiger partial charge >= 0.3 is 0 Å². The van der Waals surface area contributed by atoms with Crippen LogP contribution in [0.2, 0.25) is 0 Å². The summed E-state index contributed by atoms with van der Waals surface area (Å²) in [6.07, 6.45) is 10.4. The molecular formula is C17H28BrN3. The second kappa shape index (κ2) is 8.25. The van der Waals surface area contributed by atoms with Crippen LogP contribution < -0.4 is 5.73 Å². The second-order valence-corrected chi connectivity index (χ2v) is 7.46. The van der Waals surface area contributed by atoms with Crippen molar-refractivity contribution in [3.63, 3.8) is 0 Å². The maximum Gasteiger partial charge on any atom is 0.0489 e. The highest BCUT2D eigenvalue weighted by Crippen LogP contribution is 2.31. The van der Waals surface area contributed by atoms with Crippen molar-refractivity contribution in [2.75, 3.05) is 13.1 Å². The zero-order chi connectivity index (χ0) is 15.2. The molecule has 3 nitrogen and oxygen atoms in total. The third-order valence-electron chi connectivity index (χ3n) is 4.49. The van der Waals surface area contributed by atoms with Crippen LogP contribution in [0.4, 0.5) is 0 Å². The van der Waals surface area contributed by atoms with E-state index in [1.54, 1.807) is 0 Å². The van der Waals surface area contributed by atoms with Gasteiger partial charge in [0.15, 0.2) is 0 Å². The van der Waals surface area contributed by atoms with E-state index in [1.165, 1.54) is 37.7 Å². The van der Waals surface area contributed by atoms with E-state index >= 15 is 0 Å². The van der Waals surface area contributed by atoms with Crippen LogP contribution >= 0.6 is 15.9 Å². The number of rotatable bonds is 7. The summed E-state index contributed by atoms with van der Waals surface area (Å²) in [5.74, 6) is 0.730. The summed E-state index contributed by atoms with van der Waals surface area (Å²) in [7, 11) is 0. The van der Waals surface area contributed by atoms with Gasteiger partial charge in [-0.1, -0.05) is 26.7 Å². The Morgan fingerprint density at radius 2 is 2.05 bits per heavy atom. The maximum absolute atomic E-state index is 6.15. The van der Waals surface area contributed by atoms with Gasteiger partial charge in [0.05, 0.1) is 0 Å². The molecule has 1 heterocycles. The smallest absolute Gasteiger partial charge is 0.0489 e. The van der Waals surface area contributed by atoms with Crippen molar-refractivity contribution in [1.29, 1.82) is 0 Å². The zero-order valence-electron chi connectivity index (χ0n) is 13.3. The highest BCUT2D eigenvalue weighted by Gasteiger charge is 2.29. The minimum absolute atomic E-state index is 0.289. The van der Waals surface area contributed by atoms with Crippen LogP contribution in [0.1, 0.15) is 57.6 Å². The van der Waals surface area contributed by atoms with Crippen LogP contribution in [-0.2, 0) is 0 Å². The molecule has 0 bridgehead atoms. The molecule has 1 aromatic rings. The summed E-state index contributed by atoms with van der Waals surface area (Å²) in [4.78, 5) is 6.98.